The molecule has 1 N–H and O–H groups in total. The number of para-hydroxylation sites is 2. The summed E-state index contributed by atoms with van der Waals surface area (Å²) in [6.07, 6.45) is 7.93. The fourth-order valence-corrected chi connectivity index (χ4v) is 8.83. The van der Waals surface area contributed by atoms with Gasteiger partial charge in [0.05, 0.1) is 34.7 Å². The summed E-state index contributed by atoms with van der Waals surface area (Å²) in [6.45, 7) is 2.35. The summed E-state index contributed by atoms with van der Waals surface area (Å²) in [6, 6.07) is 15.5. The third-order valence-electron chi connectivity index (χ3n) is 8.71. The number of benzene rings is 2. The van der Waals surface area contributed by atoms with Gasteiger partial charge in [0.2, 0.25) is 17.7 Å². The second-order valence-corrected chi connectivity index (χ2v) is 12.5. The summed E-state index contributed by atoms with van der Waals surface area (Å²) >= 11 is 1.53. The van der Waals surface area contributed by atoms with Crippen LogP contribution in [0.3, 0.4) is 0 Å². The minimum Gasteiger partial charge on any atom is -0.394 e. The lowest BCUT2D eigenvalue weighted by Crippen LogP contribution is -2.56. The van der Waals surface area contributed by atoms with Crippen LogP contribution in [0.2, 0.25) is 0 Å². The first-order chi connectivity index (χ1) is 19.9. The highest BCUT2D eigenvalue weighted by atomic mass is 32.2. The van der Waals surface area contributed by atoms with Crippen LogP contribution < -0.4 is 4.90 Å². The SMILES string of the molecule is C[C@H](CO)N1C(=O)[C@@H]2[C@@H]3C(=O)N(c4ccccc4)CC=C[C@@H]3S[C@@]23C=CCN(Cn2nnc4ccccc42)C(=O)C13. The molecule has 0 bridgehead atoms. The van der Waals surface area contributed by atoms with Crippen LogP contribution in [-0.2, 0) is 21.1 Å². The summed E-state index contributed by atoms with van der Waals surface area (Å²) in [7, 11) is 0. The first-order valence-electron chi connectivity index (χ1n) is 13.8. The molecule has 1 aromatic heterocycles. The number of anilines is 1. The zero-order valence-electron chi connectivity index (χ0n) is 22.5. The van der Waals surface area contributed by atoms with Crippen molar-refractivity contribution >= 4 is 46.2 Å². The summed E-state index contributed by atoms with van der Waals surface area (Å²) in [5, 5.41) is 18.4. The van der Waals surface area contributed by atoms with Gasteiger partial charge in [0.1, 0.15) is 18.2 Å². The Morgan fingerprint density at radius 3 is 2.59 bits per heavy atom. The molecule has 2 aromatic carbocycles. The van der Waals surface area contributed by atoms with Crippen molar-refractivity contribution in [3.05, 3.63) is 78.9 Å². The number of rotatable bonds is 5. The van der Waals surface area contributed by atoms with Crippen LogP contribution in [0.5, 0.6) is 0 Å². The van der Waals surface area contributed by atoms with Crippen molar-refractivity contribution in [2.75, 3.05) is 24.6 Å². The molecule has 0 radical (unpaired) electrons. The van der Waals surface area contributed by atoms with E-state index in [2.05, 4.69) is 10.3 Å². The van der Waals surface area contributed by atoms with Gasteiger partial charge < -0.3 is 19.8 Å². The van der Waals surface area contributed by atoms with Gasteiger partial charge in [-0.05, 0) is 31.2 Å². The molecule has 5 heterocycles. The Hall–Kier alpha value is -3.96. The molecule has 3 amide bonds. The zero-order valence-corrected chi connectivity index (χ0v) is 23.3. The van der Waals surface area contributed by atoms with Crippen LogP contribution in [0.15, 0.2) is 78.9 Å². The van der Waals surface area contributed by atoms with Gasteiger partial charge in [-0.3, -0.25) is 14.4 Å². The molecule has 7 rings (SSSR count). The van der Waals surface area contributed by atoms with Crippen molar-refractivity contribution in [3.63, 3.8) is 0 Å². The maximum Gasteiger partial charge on any atom is 0.248 e. The van der Waals surface area contributed by atoms with E-state index >= 15 is 0 Å². The number of carbonyl (C=O) groups excluding carboxylic acids is 3. The number of hydrogen-bond donors (Lipinski definition) is 1. The summed E-state index contributed by atoms with van der Waals surface area (Å²) in [5.74, 6) is -2.01. The Balaban J connectivity index is 1.29. The Kier molecular flexibility index (Phi) is 6.24. The number of thioether (sulfide) groups is 1. The lowest BCUT2D eigenvalue weighted by molar-refractivity contribution is -0.146. The van der Waals surface area contributed by atoms with Crippen LogP contribution in [0.4, 0.5) is 5.69 Å². The minimum absolute atomic E-state index is 0.123. The highest BCUT2D eigenvalue weighted by Gasteiger charge is 2.71. The molecular weight excluding hydrogens is 540 g/mol. The maximum absolute atomic E-state index is 14.5. The number of aliphatic hydroxyl groups excluding tert-OH is 1. The van der Waals surface area contributed by atoms with Crippen LogP contribution in [-0.4, -0.2) is 89.4 Å². The largest absolute Gasteiger partial charge is 0.394 e. The summed E-state index contributed by atoms with van der Waals surface area (Å²) in [4.78, 5) is 48.0. The van der Waals surface area contributed by atoms with Gasteiger partial charge >= 0.3 is 0 Å². The molecule has 11 heteroatoms. The molecule has 2 saturated heterocycles. The molecule has 4 aliphatic heterocycles. The molecular formula is C30H30N6O4S. The van der Waals surface area contributed by atoms with E-state index < -0.39 is 28.7 Å². The van der Waals surface area contributed by atoms with Gasteiger partial charge in [0.15, 0.2) is 0 Å². The first-order valence-corrected chi connectivity index (χ1v) is 14.7. The van der Waals surface area contributed by atoms with Crippen molar-refractivity contribution in [1.82, 2.24) is 24.8 Å². The first kappa shape index (κ1) is 26.0. The normalized spacial score (nSPS) is 29.9. The summed E-state index contributed by atoms with van der Waals surface area (Å²) < 4.78 is 0.731. The van der Waals surface area contributed by atoms with Gasteiger partial charge in [0, 0.05) is 24.0 Å². The number of aliphatic hydroxyl groups is 1. The number of likely N-dealkylation sites (tertiary alicyclic amines) is 1. The van der Waals surface area contributed by atoms with Gasteiger partial charge in [-0.1, -0.05) is 59.8 Å². The maximum atomic E-state index is 14.5. The second-order valence-electron chi connectivity index (χ2n) is 11.0. The molecule has 1 unspecified atom stereocenters. The van der Waals surface area contributed by atoms with Crippen LogP contribution in [0, 0.1) is 11.8 Å². The highest BCUT2D eigenvalue weighted by molar-refractivity contribution is 8.02. The second kappa shape index (κ2) is 9.85. The van der Waals surface area contributed by atoms with E-state index in [9.17, 15) is 19.5 Å². The lowest BCUT2D eigenvalue weighted by Gasteiger charge is -2.37. The molecule has 210 valence electrons. The Bertz CT molecular complexity index is 1590. The average molecular weight is 571 g/mol. The predicted molar refractivity (Wildman–Crippen MR) is 155 cm³/mol. The predicted octanol–water partition coefficient (Wildman–Crippen LogP) is 2.07. The fourth-order valence-electron chi connectivity index (χ4n) is 6.84. The number of fused-ring (bicyclic) bond motifs is 3. The number of nitrogens with zero attached hydrogens (tertiary/aromatic N) is 6. The topological polar surface area (TPSA) is 112 Å². The minimum atomic E-state index is -0.953. The smallest absolute Gasteiger partial charge is 0.248 e. The van der Waals surface area contributed by atoms with Crippen LogP contribution in [0.1, 0.15) is 6.92 Å². The third-order valence-corrected chi connectivity index (χ3v) is 10.5. The molecule has 3 aromatic rings. The van der Waals surface area contributed by atoms with Crippen molar-refractivity contribution in [2.24, 2.45) is 11.8 Å². The number of carbonyl (C=O) groups is 3. The van der Waals surface area contributed by atoms with Crippen LogP contribution >= 0.6 is 11.8 Å². The van der Waals surface area contributed by atoms with Crippen LogP contribution in [0.25, 0.3) is 11.0 Å². The van der Waals surface area contributed by atoms with Gasteiger partial charge in [-0.2, -0.15) is 0 Å². The van der Waals surface area contributed by atoms with E-state index in [0.717, 1.165) is 16.7 Å². The molecule has 2 fully saturated rings. The third kappa shape index (κ3) is 3.86. The Morgan fingerprint density at radius 1 is 1.00 bits per heavy atom. The molecule has 0 saturated carbocycles. The van der Waals surface area contributed by atoms with E-state index in [1.54, 1.807) is 21.4 Å². The van der Waals surface area contributed by atoms with E-state index in [4.69, 9.17) is 0 Å². The standard InChI is InChI=1S/C30H30N6O4S/c1-19(17-37)36-26-29(40)33(18-35-22-12-6-5-11-21(22)31-32-35)15-8-14-30(26)25(28(36)39)24-23(41-30)13-7-16-34(27(24)38)20-9-3-2-4-10-20/h2-14,19,23-26,37H,15-18H2,1H3/t19-,23+,24-,25+,26?,30+/m1/s1. The average Bonchev–Trinajstić information content (AvgIpc) is 3.55. The molecule has 6 atom stereocenters. The van der Waals surface area contributed by atoms with Crippen molar-refractivity contribution < 1.29 is 19.5 Å². The number of amides is 3. The molecule has 1 spiro atoms. The molecule has 4 aliphatic rings. The van der Waals surface area contributed by atoms with E-state index in [-0.39, 0.29) is 36.2 Å². The molecule has 0 aliphatic carbocycles. The van der Waals surface area contributed by atoms with Crippen molar-refractivity contribution in [2.45, 2.75) is 35.7 Å². The van der Waals surface area contributed by atoms with Crippen molar-refractivity contribution in [3.8, 4) is 0 Å². The van der Waals surface area contributed by atoms with E-state index in [1.165, 1.54) is 16.7 Å². The van der Waals surface area contributed by atoms with E-state index in [1.807, 2.05) is 78.9 Å². The summed E-state index contributed by atoms with van der Waals surface area (Å²) in [5.41, 5.74) is 2.31. The van der Waals surface area contributed by atoms with Gasteiger partial charge in [0.25, 0.3) is 0 Å². The number of aromatic nitrogens is 3. The van der Waals surface area contributed by atoms with Gasteiger partial charge in [-0.15, -0.1) is 16.9 Å². The fraction of sp³-hybridized carbons (Fsp3) is 0.367. The molecule has 41 heavy (non-hydrogen) atoms. The van der Waals surface area contributed by atoms with E-state index in [0.29, 0.717) is 13.1 Å². The lowest BCUT2D eigenvalue weighted by atomic mass is 9.78. The Morgan fingerprint density at radius 2 is 1.78 bits per heavy atom. The quantitative estimate of drug-likeness (QED) is 0.468. The highest BCUT2D eigenvalue weighted by Crippen LogP contribution is 2.61. The number of hydrogen-bond acceptors (Lipinski definition) is 7. The van der Waals surface area contributed by atoms with Gasteiger partial charge in [-0.25, -0.2) is 4.68 Å². The monoisotopic (exact) mass is 570 g/mol. The Labute approximate surface area is 241 Å². The van der Waals surface area contributed by atoms with Crippen molar-refractivity contribution in [1.29, 1.82) is 0 Å². The zero-order chi connectivity index (χ0) is 28.3. The molecule has 10 nitrogen and oxygen atoms in total.